The highest BCUT2D eigenvalue weighted by molar-refractivity contribution is 5.96. The van der Waals surface area contributed by atoms with E-state index in [1.54, 1.807) is 6.08 Å². The van der Waals surface area contributed by atoms with E-state index in [1.165, 1.54) is 19.4 Å². The number of rotatable bonds is 3. The number of carbonyl (C=O) groups excluding carboxylic acids is 4. The van der Waals surface area contributed by atoms with Gasteiger partial charge >= 0.3 is 17.9 Å². The first-order valence-corrected chi connectivity index (χ1v) is 13.6. The fourth-order valence-electron chi connectivity index (χ4n) is 9.64. The molecule has 0 N–H and O–H groups in total. The Bertz CT molecular complexity index is 1120. The number of hydrogen-bond donors (Lipinski definition) is 0. The largest absolute Gasteiger partial charge is 0.465 e. The zero-order valence-corrected chi connectivity index (χ0v) is 23.1. The number of hydrogen-bond acceptors (Lipinski definition) is 7. The molecule has 0 amide bonds. The Morgan fingerprint density at radius 3 is 2.30 bits per heavy atom. The minimum absolute atomic E-state index is 0.0102. The Morgan fingerprint density at radius 1 is 1.03 bits per heavy atom. The lowest BCUT2D eigenvalue weighted by Gasteiger charge is -2.68. The van der Waals surface area contributed by atoms with Gasteiger partial charge in [-0.1, -0.05) is 52.3 Å². The third kappa shape index (κ3) is 3.51. The van der Waals surface area contributed by atoms with Crippen molar-refractivity contribution < 1.29 is 33.4 Å². The van der Waals surface area contributed by atoms with Crippen LogP contribution in [0.4, 0.5) is 0 Å². The topological polar surface area (TPSA) is 96.0 Å². The highest BCUT2D eigenvalue weighted by Crippen LogP contribution is 2.73. The van der Waals surface area contributed by atoms with Gasteiger partial charge < -0.3 is 14.2 Å². The first kappa shape index (κ1) is 26.2. The predicted molar refractivity (Wildman–Crippen MR) is 135 cm³/mol. The van der Waals surface area contributed by atoms with E-state index in [0.717, 1.165) is 19.3 Å². The van der Waals surface area contributed by atoms with Crippen molar-refractivity contribution >= 4 is 23.7 Å². The van der Waals surface area contributed by atoms with Crippen molar-refractivity contribution in [2.75, 3.05) is 6.61 Å². The lowest BCUT2D eigenvalue weighted by Crippen LogP contribution is -2.70. The minimum Gasteiger partial charge on any atom is -0.465 e. The first-order valence-electron chi connectivity index (χ1n) is 13.6. The van der Waals surface area contributed by atoms with E-state index in [1.807, 2.05) is 19.9 Å². The molecule has 0 spiro atoms. The second kappa shape index (κ2) is 8.28. The summed E-state index contributed by atoms with van der Waals surface area (Å²) in [6.07, 6.45) is 7.59. The Kier molecular flexibility index (Phi) is 5.86. The SMILES string of the molecule is CC(=O)O[C@H]1[C@@H](OC(C)=O)[C@@]2(C)C3=CC[C@@H](C4COC(=O)C4)[C@]3(C)CC[C@@H]2[C@@]2(C)C=CC(=O)C(C)(C)[C@H]12. The van der Waals surface area contributed by atoms with Gasteiger partial charge in [0.05, 0.1) is 13.0 Å². The molecule has 1 heterocycles. The summed E-state index contributed by atoms with van der Waals surface area (Å²) in [7, 11) is 0. The van der Waals surface area contributed by atoms with Crippen molar-refractivity contribution in [1.82, 2.24) is 0 Å². The Labute approximate surface area is 219 Å². The summed E-state index contributed by atoms with van der Waals surface area (Å²) in [5.41, 5.74) is -0.862. The number of ether oxygens (including phenoxy) is 3. The van der Waals surface area contributed by atoms with Gasteiger partial charge in [0.15, 0.2) is 5.78 Å². The number of cyclic esters (lactones) is 1. The predicted octanol–water partition coefficient (Wildman–Crippen LogP) is 4.58. The van der Waals surface area contributed by atoms with Crippen LogP contribution in [0.25, 0.3) is 0 Å². The molecule has 9 atom stereocenters. The summed E-state index contributed by atoms with van der Waals surface area (Å²) in [5.74, 6) is -0.924. The molecule has 2 saturated carbocycles. The molecule has 3 fully saturated rings. The molecule has 1 unspecified atom stereocenters. The van der Waals surface area contributed by atoms with E-state index in [0.29, 0.717) is 13.0 Å². The zero-order valence-electron chi connectivity index (χ0n) is 23.1. The first-order chi connectivity index (χ1) is 17.2. The van der Waals surface area contributed by atoms with Gasteiger partial charge in [-0.25, -0.2) is 0 Å². The van der Waals surface area contributed by atoms with Crippen LogP contribution in [0.3, 0.4) is 0 Å². The van der Waals surface area contributed by atoms with E-state index in [2.05, 4.69) is 26.8 Å². The quantitative estimate of drug-likeness (QED) is 0.310. The zero-order chi connectivity index (χ0) is 27.1. The molecule has 202 valence electrons. The van der Waals surface area contributed by atoms with Crippen LogP contribution in [0.15, 0.2) is 23.8 Å². The van der Waals surface area contributed by atoms with Gasteiger partial charge in [0, 0.05) is 36.5 Å². The Hall–Kier alpha value is -2.44. The Balaban J connectivity index is 1.68. The number of carbonyl (C=O) groups is 4. The average molecular weight is 513 g/mol. The van der Waals surface area contributed by atoms with Crippen molar-refractivity contribution in [2.24, 2.45) is 45.3 Å². The summed E-state index contributed by atoms with van der Waals surface area (Å²) >= 11 is 0. The van der Waals surface area contributed by atoms with E-state index in [9.17, 15) is 19.2 Å². The van der Waals surface area contributed by atoms with Gasteiger partial charge in [-0.3, -0.25) is 19.2 Å². The van der Waals surface area contributed by atoms with Gasteiger partial charge in [0.25, 0.3) is 0 Å². The van der Waals surface area contributed by atoms with E-state index >= 15 is 0 Å². The minimum atomic E-state index is -0.807. The molecule has 5 aliphatic rings. The van der Waals surface area contributed by atoms with Gasteiger partial charge in [-0.2, -0.15) is 0 Å². The van der Waals surface area contributed by atoms with Gasteiger partial charge in [-0.05, 0) is 48.0 Å². The van der Waals surface area contributed by atoms with Gasteiger partial charge in [0.2, 0.25) is 0 Å². The molecule has 7 heteroatoms. The summed E-state index contributed by atoms with van der Waals surface area (Å²) in [6.45, 7) is 13.7. The summed E-state index contributed by atoms with van der Waals surface area (Å²) in [4.78, 5) is 50.3. The van der Waals surface area contributed by atoms with Crippen LogP contribution >= 0.6 is 0 Å². The lowest BCUT2D eigenvalue weighted by atomic mass is 9.37. The number of fused-ring (bicyclic) bond motifs is 5. The third-order valence-electron chi connectivity index (χ3n) is 11.0. The van der Waals surface area contributed by atoms with Crippen LogP contribution in [0.1, 0.15) is 74.1 Å². The molecule has 0 aromatic rings. The molecule has 1 saturated heterocycles. The van der Waals surface area contributed by atoms with E-state index in [4.69, 9.17) is 14.2 Å². The van der Waals surface area contributed by atoms with Crippen molar-refractivity contribution in [3.05, 3.63) is 23.8 Å². The molecule has 0 radical (unpaired) electrons. The highest BCUT2D eigenvalue weighted by atomic mass is 16.6. The normalized spacial score (nSPS) is 45.8. The summed E-state index contributed by atoms with van der Waals surface area (Å²) < 4.78 is 17.6. The maximum absolute atomic E-state index is 13.2. The second-order valence-corrected chi connectivity index (χ2v) is 13.3. The standard InChI is InChI=1S/C30H40O7/c1-16(31)36-24-25-27(3,4)22(33)11-13-29(25,6)21-10-12-28(5)19(18-14-23(34)35-15-18)8-9-20(28)30(21,7)26(24)37-17(2)32/h9,11,13,18-19,21,24-26H,8,10,12,14-15H2,1-7H3/t18?,19-,21+,24+,25-,26+,28-,29+,30-/m0/s1. The summed E-state index contributed by atoms with van der Waals surface area (Å²) in [6, 6.07) is 0. The Morgan fingerprint density at radius 2 is 1.70 bits per heavy atom. The molecule has 5 rings (SSSR count). The maximum Gasteiger partial charge on any atom is 0.306 e. The van der Waals surface area contributed by atoms with Crippen LogP contribution < -0.4 is 0 Å². The summed E-state index contributed by atoms with van der Waals surface area (Å²) in [5, 5.41) is 0. The fourth-order valence-corrected chi connectivity index (χ4v) is 9.64. The van der Waals surface area contributed by atoms with Crippen molar-refractivity contribution in [3.8, 4) is 0 Å². The van der Waals surface area contributed by atoms with Gasteiger partial charge in [-0.15, -0.1) is 0 Å². The fraction of sp³-hybridized carbons (Fsp3) is 0.733. The molecule has 37 heavy (non-hydrogen) atoms. The number of esters is 3. The molecular formula is C30H40O7. The number of allylic oxidation sites excluding steroid dienone is 3. The molecule has 4 aliphatic carbocycles. The molecule has 1 aliphatic heterocycles. The third-order valence-corrected chi connectivity index (χ3v) is 11.0. The molecule has 0 bridgehead atoms. The second-order valence-electron chi connectivity index (χ2n) is 13.3. The molecule has 0 aromatic carbocycles. The lowest BCUT2D eigenvalue weighted by molar-refractivity contribution is -0.238. The van der Waals surface area contributed by atoms with Crippen LogP contribution in [-0.2, 0) is 33.4 Å². The van der Waals surface area contributed by atoms with Crippen molar-refractivity contribution in [2.45, 2.75) is 86.4 Å². The monoisotopic (exact) mass is 512 g/mol. The van der Waals surface area contributed by atoms with Gasteiger partial charge in [0.1, 0.15) is 12.2 Å². The van der Waals surface area contributed by atoms with E-state index < -0.39 is 40.4 Å². The van der Waals surface area contributed by atoms with E-state index in [-0.39, 0.29) is 40.8 Å². The molecule has 0 aromatic heterocycles. The van der Waals surface area contributed by atoms with Crippen LogP contribution in [-0.4, -0.2) is 42.5 Å². The molecular weight excluding hydrogens is 472 g/mol. The van der Waals surface area contributed by atoms with Crippen LogP contribution in [0, 0.1) is 45.3 Å². The number of ketones is 1. The smallest absolute Gasteiger partial charge is 0.306 e. The van der Waals surface area contributed by atoms with Crippen molar-refractivity contribution in [1.29, 1.82) is 0 Å². The van der Waals surface area contributed by atoms with Crippen LogP contribution in [0.5, 0.6) is 0 Å². The van der Waals surface area contributed by atoms with Crippen molar-refractivity contribution in [3.63, 3.8) is 0 Å². The highest BCUT2D eigenvalue weighted by Gasteiger charge is 2.72. The molecule has 7 nitrogen and oxygen atoms in total. The van der Waals surface area contributed by atoms with Crippen LogP contribution in [0.2, 0.25) is 0 Å². The average Bonchev–Trinajstić information content (AvgIpc) is 3.36. The maximum atomic E-state index is 13.2.